The zero-order valence-corrected chi connectivity index (χ0v) is 17.0. The fourth-order valence-electron chi connectivity index (χ4n) is 3.51. The lowest BCUT2D eigenvalue weighted by Crippen LogP contribution is -2.17. The number of para-hydroxylation sites is 1. The van der Waals surface area contributed by atoms with Crippen molar-refractivity contribution in [3.8, 4) is 5.75 Å². The minimum absolute atomic E-state index is 0.284. The van der Waals surface area contributed by atoms with Crippen LogP contribution in [0.3, 0.4) is 0 Å². The smallest absolute Gasteiger partial charge is 0.271 e. The standard InChI is InChI=1S/C25H23N3O2/c1-18-7-5-8-19(13-18)16-28-17-21(23-11-3-4-12-24(23)28)15-26-27-25(29)20-9-6-10-22(14-20)30-2/h3-15,17H,16H2,1-2H3,(H,27,29)/b26-15-. The van der Waals surface area contributed by atoms with E-state index in [1.807, 2.05) is 12.1 Å². The molecule has 1 N–H and O–H groups in total. The van der Waals surface area contributed by atoms with Crippen LogP contribution in [0.25, 0.3) is 10.9 Å². The molecular formula is C25H23N3O2. The highest BCUT2D eigenvalue weighted by Crippen LogP contribution is 2.21. The van der Waals surface area contributed by atoms with Gasteiger partial charge in [-0.25, -0.2) is 5.43 Å². The lowest BCUT2D eigenvalue weighted by atomic mass is 10.1. The Morgan fingerprint density at radius 2 is 1.90 bits per heavy atom. The Bertz CT molecular complexity index is 1220. The maximum atomic E-state index is 12.4. The second-order valence-electron chi connectivity index (χ2n) is 7.15. The number of hydrazone groups is 1. The van der Waals surface area contributed by atoms with Gasteiger partial charge in [-0.05, 0) is 36.8 Å². The monoisotopic (exact) mass is 397 g/mol. The number of nitrogens with one attached hydrogen (secondary N) is 1. The summed E-state index contributed by atoms with van der Waals surface area (Å²) in [7, 11) is 1.57. The maximum Gasteiger partial charge on any atom is 0.271 e. The SMILES string of the molecule is COc1cccc(C(=O)N/N=C\c2cn(Cc3cccc(C)c3)c3ccccc23)c1. The van der Waals surface area contributed by atoms with Gasteiger partial charge in [-0.15, -0.1) is 0 Å². The molecule has 0 unspecified atom stereocenters. The number of amides is 1. The molecule has 5 heteroatoms. The molecule has 0 saturated heterocycles. The molecule has 0 saturated carbocycles. The summed E-state index contributed by atoms with van der Waals surface area (Å²) in [5.41, 5.74) is 7.65. The summed E-state index contributed by atoms with van der Waals surface area (Å²) >= 11 is 0. The molecule has 0 spiro atoms. The Kier molecular flexibility index (Phi) is 5.61. The largest absolute Gasteiger partial charge is 0.497 e. The van der Waals surface area contributed by atoms with Crippen molar-refractivity contribution in [1.82, 2.24) is 9.99 Å². The van der Waals surface area contributed by atoms with Gasteiger partial charge >= 0.3 is 0 Å². The molecule has 0 radical (unpaired) electrons. The van der Waals surface area contributed by atoms with Crippen LogP contribution in [0.5, 0.6) is 5.75 Å². The summed E-state index contributed by atoms with van der Waals surface area (Å²) in [5, 5.41) is 5.27. The van der Waals surface area contributed by atoms with Gasteiger partial charge in [-0.1, -0.05) is 54.1 Å². The van der Waals surface area contributed by atoms with Gasteiger partial charge < -0.3 is 9.30 Å². The van der Waals surface area contributed by atoms with Crippen molar-refractivity contribution >= 4 is 23.0 Å². The van der Waals surface area contributed by atoms with Crippen molar-refractivity contribution in [3.05, 3.63) is 101 Å². The number of aryl methyl sites for hydroxylation is 1. The summed E-state index contributed by atoms with van der Waals surface area (Å²) in [6, 6.07) is 23.7. The van der Waals surface area contributed by atoms with Crippen LogP contribution in [0.15, 0.2) is 84.1 Å². The fraction of sp³-hybridized carbons (Fsp3) is 0.120. The van der Waals surface area contributed by atoms with Crippen LogP contribution < -0.4 is 10.2 Å². The highest BCUT2D eigenvalue weighted by atomic mass is 16.5. The molecule has 0 aliphatic carbocycles. The Labute approximate surface area is 175 Å². The summed E-state index contributed by atoms with van der Waals surface area (Å²) in [6.07, 6.45) is 3.75. The molecule has 0 fully saturated rings. The lowest BCUT2D eigenvalue weighted by Gasteiger charge is -2.06. The van der Waals surface area contributed by atoms with Crippen LogP contribution in [0.2, 0.25) is 0 Å². The van der Waals surface area contributed by atoms with Gasteiger partial charge in [0.25, 0.3) is 5.91 Å². The van der Waals surface area contributed by atoms with Crippen molar-refractivity contribution in [2.24, 2.45) is 5.10 Å². The van der Waals surface area contributed by atoms with Crippen LogP contribution in [-0.4, -0.2) is 23.8 Å². The number of hydrogen-bond donors (Lipinski definition) is 1. The van der Waals surface area contributed by atoms with E-state index < -0.39 is 0 Å². The number of hydrogen-bond acceptors (Lipinski definition) is 3. The molecule has 1 aromatic heterocycles. The quantitative estimate of drug-likeness (QED) is 0.376. The number of nitrogens with zero attached hydrogens (tertiary/aromatic N) is 2. The summed E-state index contributed by atoms with van der Waals surface area (Å²) in [4.78, 5) is 12.4. The van der Waals surface area contributed by atoms with Gasteiger partial charge in [0.2, 0.25) is 0 Å². The number of aromatic nitrogens is 1. The Morgan fingerprint density at radius 1 is 1.07 bits per heavy atom. The van der Waals surface area contributed by atoms with E-state index in [1.165, 1.54) is 11.1 Å². The third-order valence-corrected chi connectivity index (χ3v) is 4.96. The van der Waals surface area contributed by atoms with E-state index >= 15 is 0 Å². The van der Waals surface area contributed by atoms with Crippen molar-refractivity contribution in [1.29, 1.82) is 0 Å². The predicted octanol–water partition coefficient (Wildman–Crippen LogP) is 4.77. The van der Waals surface area contributed by atoms with Gasteiger partial charge in [0.15, 0.2) is 0 Å². The summed E-state index contributed by atoms with van der Waals surface area (Å²) in [5.74, 6) is 0.347. The van der Waals surface area contributed by atoms with E-state index in [-0.39, 0.29) is 5.91 Å². The van der Waals surface area contributed by atoms with Gasteiger partial charge in [-0.3, -0.25) is 4.79 Å². The molecule has 3 aromatic carbocycles. The number of methoxy groups -OCH3 is 1. The number of rotatable bonds is 6. The van der Waals surface area contributed by atoms with Gasteiger partial charge in [-0.2, -0.15) is 5.10 Å². The number of fused-ring (bicyclic) bond motifs is 1. The fourth-order valence-corrected chi connectivity index (χ4v) is 3.51. The molecule has 5 nitrogen and oxygen atoms in total. The lowest BCUT2D eigenvalue weighted by molar-refractivity contribution is 0.0955. The maximum absolute atomic E-state index is 12.4. The van der Waals surface area contributed by atoms with E-state index in [4.69, 9.17) is 4.74 Å². The topological polar surface area (TPSA) is 55.6 Å². The third-order valence-electron chi connectivity index (χ3n) is 4.96. The molecular weight excluding hydrogens is 374 g/mol. The average Bonchev–Trinajstić information content (AvgIpc) is 3.11. The first-order valence-electron chi connectivity index (χ1n) is 9.75. The second-order valence-corrected chi connectivity index (χ2v) is 7.15. The van der Waals surface area contributed by atoms with Crippen molar-refractivity contribution in [2.75, 3.05) is 7.11 Å². The van der Waals surface area contributed by atoms with Crippen LogP contribution in [0.4, 0.5) is 0 Å². The molecule has 0 atom stereocenters. The molecule has 1 amide bonds. The molecule has 30 heavy (non-hydrogen) atoms. The van der Waals surface area contributed by atoms with Gasteiger partial charge in [0.1, 0.15) is 5.75 Å². The average molecular weight is 397 g/mol. The molecule has 0 aliphatic rings. The highest BCUT2D eigenvalue weighted by molar-refractivity contribution is 6.00. The minimum atomic E-state index is -0.284. The van der Waals surface area contributed by atoms with E-state index in [0.717, 1.165) is 23.0 Å². The van der Waals surface area contributed by atoms with E-state index in [0.29, 0.717) is 11.3 Å². The Hall–Kier alpha value is -3.86. The number of benzene rings is 3. The Morgan fingerprint density at radius 3 is 2.73 bits per heavy atom. The first-order valence-corrected chi connectivity index (χ1v) is 9.75. The van der Waals surface area contributed by atoms with E-state index in [9.17, 15) is 4.79 Å². The van der Waals surface area contributed by atoms with Crippen LogP contribution >= 0.6 is 0 Å². The number of carbonyl (C=O) groups is 1. The Balaban J connectivity index is 1.56. The van der Waals surface area contributed by atoms with Crippen molar-refractivity contribution in [2.45, 2.75) is 13.5 Å². The molecule has 150 valence electrons. The highest BCUT2D eigenvalue weighted by Gasteiger charge is 2.08. The molecule has 0 bridgehead atoms. The predicted molar refractivity (Wildman–Crippen MR) is 120 cm³/mol. The first kappa shape index (κ1) is 19.5. The zero-order chi connectivity index (χ0) is 20.9. The molecule has 0 aliphatic heterocycles. The molecule has 4 rings (SSSR count). The molecule has 1 heterocycles. The van der Waals surface area contributed by atoms with Gasteiger partial charge in [0, 0.05) is 34.8 Å². The van der Waals surface area contributed by atoms with Gasteiger partial charge in [0.05, 0.1) is 13.3 Å². The first-order chi connectivity index (χ1) is 14.6. The second kappa shape index (κ2) is 8.66. The number of ether oxygens (including phenoxy) is 1. The minimum Gasteiger partial charge on any atom is -0.497 e. The van der Waals surface area contributed by atoms with Crippen molar-refractivity contribution in [3.63, 3.8) is 0 Å². The summed E-state index contributed by atoms with van der Waals surface area (Å²) in [6.45, 7) is 2.87. The van der Waals surface area contributed by atoms with E-state index in [2.05, 4.69) is 64.6 Å². The normalized spacial score (nSPS) is 11.1. The number of carbonyl (C=O) groups excluding carboxylic acids is 1. The van der Waals surface area contributed by atoms with Crippen LogP contribution in [-0.2, 0) is 6.54 Å². The van der Waals surface area contributed by atoms with Crippen LogP contribution in [0.1, 0.15) is 27.0 Å². The third kappa shape index (κ3) is 4.25. The van der Waals surface area contributed by atoms with E-state index in [1.54, 1.807) is 37.6 Å². The molecule has 4 aromatic rings. The van der Waals surface area contributed by atoms with Crippen LogP contribution in [0, 0.1) is 6.92 Å². The summed E-state index contributed by atoms with van der Waals surface area (Å²) < 4.78 is 7.37. The van der Waals surface area contributed by atoms with Crippen molar-refractivity contribution < 1.29 is 9.53 Å². The zero-order valence-electron chi connectivity index (χ0n) is 17.0.